The summed E-state index contributed by atoms with van der Waals surface area (Å²) in [5.41, 5.74) is 0.645. The summed E-state index contributed by atoms with van der Waals surface area (Å²) in [4.78, 5) is 23.4. The van der Waals surface area contributed by atoms with E-state index in [1.165, 1.54) is 0 Å². The number of carbonyl (C=O) groups is 2. The smallest absolute Gasteiger partial charge is 0.262 e. The van der Waals surface area contributed by atoms with E-state index in [2.05, 4.69) is 26.8 Å². The van der Waals surface area contributed by atoms with Crippen molar-refractivity contribution in [1.29, 1.82) is 0 Å². The first-order valence-electron chi connectivity index (χ1n) is 7.34. The van der Waals surface area contributed by atoms with Gasteiger partial charge >= 0.3 is 0 Å². The third-order valence-corrected chi connectivity index (χ3v) is 3.74. The lowest BCUT2D eigenvalue weighted by molar-refractivity contribution is -0.118. The summed E-state index contributed by atoms with van der Waals surface area (Å²) in [5, 5.41) is 13.6. The molecule has 3 rings (SSSR count). The molecular formula is C16H16N4O3. The van der Waals surface area contributed by atoms with E-state index < -0.39 is 5.66 Å². The SMILES string of the molecule is C#CCCC1(CCNC(=O)c2ccc3c(c2)OCC(=O)N3)N=N1. The molecule has 2 N–H and O–H groups in total. The van der Waals surface area contributed by atoms with Crippen LogP contribution in [0.4, 0.5) is 5.69 Å². The van der Waals surface area contributed by atoms with Crippen LogP contribution in [0, 0.1) is 12.3 Å². The fourth-order valence-corrected chi connectivity index (χ4v) is 2.36. The number of rotatable bonds is 6. The zero-order chi connectivity index (χ0) is 16.3. The molecule has 23 heavy (non-hydrogen) atoms. The molecule has 0 spiro atoms. The van der Waals surface area contributed by atoms with E-state index in [-0.39, 0.29) is 18.4 Å². The fraction of sp³-hybridized carbons (Fsp3) is 0.375. The molecule has 2 aliphatic rings. The predicted molar refractivity (Wildman–Crippen MR) is 83.2 cm³/mol. The number of hydrogen-bond donors (Lipinski definition) is 2. The summed E-state index contributed by atoms with van der Waals surface area (Å²) in [7, 11) is 0. The molecule has 0 fully saturated rings. The summed E-state index contributed by atoms with van der Waals surface area (Å²) in [5.74, 6) is 2.65. The fourth-order valence-electron chi connectivity index (χ4n) is 2.36. The van der Waals surface area contributed by atoms with Gasteiger partial charge in [-0.15, -0.1) is 12.3 Å². The Balaban J connectivity index is 1.53. The van der Waals surface area contributed by atoms with Gasteiger partial charge < -0.3 is 15.4 Å². The molecule has 2 aliphatic heterocycles. The summed E-state index contributed by atoms with van der Waals surface area (Å²) >= 11 is 0. The van der Waals surface area contributed by atoms with Crippen molar-refractivity contribution in [3.8, 4) is 18.1 Å². The number of carbonyl (C=O) groups excluding carboxylic acids is 2. The van der Waals surface area contributed by atoms with Gasteiger partial charge in [-0.2, -0.15) is 10.2 Å². The van der Waals surface area contributed by atoms with Crippen molar-refractivity contribution < 1.29 is 14.3 Å². The number of terminal acetylenes is 1. The highest BCUT2D eigenvalue weighted by atomic mass is 16.5. The Morgan fingerprint density at radius 2 is 2.26 bits per heavy atom. The van der Waals surface area contributed by atoms with Crippen LogP contribution in [0.25, 0.3) is 0 Å². The van der Waals surface area contributed by atoms with Crippen LogP contribution in [-0.4, -0.2) is 30.6 Å². The van der Waals surface area contributed by atoms with E-state index in [9.17, 15) is 9.59 Å². The quantitative estimate of drug-likeness (QED) is 0.783. The monoisotopic (exact) mass is 312 g/mol. The maximum Gasteiger partial charge on any atom is 0.262 e. The molecule has 7 nitrogen and oxygen atoms in total. The molecule has 0 unspecified atom stereocenters. The number of fused-ring (bicyclic) bond motifs is 1. The molecule has 0 saturated carbocycles. The lowest BCUT2D eigenvalue weighted by Gasteiger charge is -2.18. The second-order valence-corrected chi connectivity index (χ2v) is 5.44. The Kier molecular flexibility index (Phi) is 3.98. The van der Waals surface area contributed by atoms with Gasteiger partial charge in [0.05, 0.1) is 5.69 Å². The molecule has 2 amide bonds. The molecule has 2 heterocycles. The van der Waals surface area contributed by atoms with Gasteiger partial charge in [-0.25, -0.2) is 0 Å². The second-order valence-electron chi connectivity index (χ2n) is 5.44. The van der Waals surface area contributed by atoms with Crippen LogP contribution in [0.5, 0.6) is 5.75 Å². The lowest BCUT2D eigenvalue weighted by atomic mass is 10.0. The van der Waals surface area contributed by atoms with E-state index in [1.807, 2.05) is 0 Å². The highest BCUT2D eigenvalue weighted by molar-refractivity contribution is 5.98. The van der Waals surface area contributed by atoms with Crippen LogP contribution >= 0.6 is 0 Å². The molecule has 7 heteroatoms. The third-order valence-electron chi connectivity index (χ3n) is 3.74. The van der Waals surface area contributed by atoms with Gasteiger partial charge in [0.2, 0.25) is 0 Å². The van der Waals surface area contributed by atoms with Gasteiger partial charge in [-0.05, 0) is 18.2 Å². The minimum atomic E-state index is -0.400. The molecule has 0 saturated heterocycles. The predicted octanol–water partition coefficient (Wildman–Crippen LogP) is 1.71. The number of anilines is 1. The van der Waals surface area contributed by atoms with E-state index >= 15 is 0 Å². The van der Waals surface area contributed by atoms with E-state index in [1.54, 1.807) is 18.2 Å². The van der Waals surface area contributed by atoms with E-state index in [4.69, 9.17) is 11.2 Å². The number of benzene rings is 1. The molecule has 0 aromatic heterocycles. The zero-order valence-corrected chi connectivity index (χ0v) is 12.5. The highest BCUT2D eigenvalue weighted by Gasteiger charge is 2.38. The van der Waals surface area contributed by atoms with Crippen LogP contribution in [0.3, 0.4) is 0 Å². The zero-order valence-electron chi connectivity index (χ0n) is 12.5. The Labute approximate surface area is 133 Å². The maximum atomic E-state index is 12.2. The summed E-state index contributed by atoms with van der Waals surface area (Å²) < 4.78 is 5.30. The number of hydrogen-bond acceptors (Lipinski definition) is 5. The molecule has 0 radical (unpaired) electrons. The first kappa shape index (κ1) is 15.0. The summed E-state index contributed by atoms with van der Waals surface area (Å²) in [6.07, 6.45) is 7.21. The van der Waals surface area contributed by atoms with Crippen LogP contribution in [0.15, 0.2) is 28.4 Å². The minimum Gasteiger partial charge on any atom is -0.482 e. The van der Waals surface area contributed by atoms with Crippen molar-refractivity contribution >= 4 is 17.5 Å². The largest absolute Gasteiger partial charge is 0.482 e. The average molecular weight is 312 g/mol. The Morgan fingerprint density at radius 1 is 1.43 bits per heavy atom. The van der Waals surface area contributed by atoms with Gasteiger partial charge in [0, 0.05) is 31.4 Å². The number of nitrogens with one attached hydrogen (secondary N) is 2. The van der Waals surface area contributed by atoms with E-state index in [0.717, 1.165) is 0 Å². The van der Waals surface area contributed by atoms with Gasteiger partial charge in [0.25, 0.3) is 11.8 Å². The highest BCUT2D eigenvalue weighted by Crippen LogP contribution is 2.36. The van der Waals surface area contributed by atoms with Crippen molar-refractivity contribution in [3.05, 3.63) is 23.8 Å². The Morgan fingerprint density at radius 3 is 3.00 bits per heavy atom. The second kappa shape index (κ2) is 6.08. The molecule has 0 atom stereocenters. The van der Waals surface area contributed by atoms with Gasteiger partial charge in [-0.3, -0.25) is 9.59 Å². The first-order chi connectivity index (χ1) is 11.1. The van der Waals surface area contributed by atoms with E-state index in [0.29, 0.717) is 42.8 Å². The lowest BCUT2D eigenvalue weighted by Crippen LogP contribution is -2.29. The number of ether oxygens (including phenoxy) is 1. The molecule has 0 aliphatic carbocycles. The van der Waals surface area contributed by atoms with Crippen LogP contribution in [0.2, 0.25) is 0 Å². The van der Waals surface area contributed by atoms with Crippen LogP contribution in [-0.2, 0) is 4.79 Å². The molecular weight excluding hydrogens is 296 g/mol. The normalized spacial score (nSPS) is 16.6. The van der Waals surface area contributed by atoms with Gasteiger partial charge in [0.15, 0.2) is 12.3 Å². The number of nitrogens with zero attached hydrogens (tertiary/aromatic N) is 2. The first-order valence-corrected chi connectivity index (χ1v) is 7.34. The third kappa shape index (κ3) is 3.48. The van der Waals surface area contributed by atoms with Crippen molar-refractivity contribution in [3.63, 3.8) is 0 Å². The Hall–Kier alpha value is -2.88. The molecule has 1 aromatic rings. The van der Waals surface area contributed by atoms with Crippen molar-refractivity contribution in [1.82, 2.24) is 5.32 Å². The minimum absolute atomic E-state index is 0.0429. The molecule has 118 valence electrons. The van der Waals surface area contributed by atoms with Gasteiger partial charge in [0.1, 0.15) is 5.75 Å². The Bertz CT molecular complexity index is 715. The summed E-state index contributed by atoms with van der Waals surface area (Å²) in [6.45, 7) is 0.420. The molecule has 1 aromatic carbocycles. The number of amides is 2. The summed E-state index contributed by atoms with van der Waals surface area (Å²) in [6, 6.07) is 4.91. The average Bonchev–Trinajstić information content (AvgIpc) is 3.32. The molecule has 0 bridgehead atoms. The van der Waals surface area contributed by atoms with Crippen molar-refractivity contribution in [2.45, 2.75) is 24.9 Å². The van der Waals surface area contributed by atoms with Crippen LogP contribution < -0.4 is 15.4 Å². The van der Waals surface area contributed by atoms with Crippen molar-refractivity contribution in [2.75, 3.05) is 18.5 Å². The van der Waals surface area contributed by atoms with Crippen LogP contribution in [0.1, 0.15) is 29.6 Å². The topological polar surface area (TPSA) is 92.1 Å². The van der Waals surface area contributed by atoms with Crippen molar-refractivity contribution in [2.24, 2.45) is 10.2 Å². The maximum absolute atomic E-state index is 12.2. The van der Waals surface area contributed by atoms with Gasteiger partial charge in [-0.1, -0.05) is 0 Å². The standard InChI is InChI=1S/C16H16N4O3/c1-2-3-6-16(19-20-16)7-8-17-15(22)11-4-5-12-13(9-11)23-10-14(21)18-12/h1,4-5,9H,3,6-8,10H2,(H,17,22)(H,18,21).